The van der Waals surface area contributed by atoms with Crippen molar-refractivity contribution >= 4 is 16.0 Å². The fourth-order valence-electron chi connectivity index (χ4n) is 4.16. The molecule has 1 saturated heterocycles. The lowest BCUT2D eigenvalue weighted by atomic mass is 9.92. The van der Waals surface area contributed by atoms with Crippen LogP contribution in [-0.2, 0) is 16.5 Å². The summed E-state index contributed by atoms with van der Waals surface area (Å²) in [4.78, 5) is 17.2. The smallest absolute Gasteiger partial charge is 0.376 e. The second-order valence-electron chi connectivity index (χ2n) is 7.57. The minimum Gasteiger partial charge on any atom is -0.376 e. The largest absolute Gasteiger partial charge is 0.534 e. The highest BCUT2D eigenvalue weighted by Crippen LogP contribution is 2.33. The molecule has 2 aliphatic heterocycles. The molecule has 0 spiro atoms. The average molecular weight is 418 g/mol. The third-order valence-electron chi connectivity index (χ3n) is 5.91. The molecule has 1 amide bonds. The molecule has 1 aromatic carbocycles. The van der Waals surface area contributed by atoms with E-state index in [1.54, 1.807) is 0 Å². The summed E-state index contributed by atoms with van der Waals surface area (Å²) >= 11 is 0. The van der Waals surface area contributed by atoms with Crippen LogP contribution in [0.15, 0.2) is 18.2 Å². The molecule has 1 aromatic rings. The number of carbonyl (C=O) groups excluding carboxylic acids is 1. The van der Waals surface area contributed by atoms with Gasteiger partial charge in [-0.05, 0) is 49.4 Å². The molecule has 10 heteroatoms. The number of hydrogen-bond donors (Lipinski definition) is 0. The van der Waals surface area contributed by atoms with Crippen LogP contribution in [0, 0.1) is 0 Å². The highest BCUT2D eigenvalue weighted by Gasteiger charge is 2.48. The summed E-state index contributed by atoms with van der Waals surface area (Å²) in [5.41, 5.74) is -4.60. The summed E-state index contributed by atoms with van der Waals surface area (Å²) in [5.74, 6) is -0.596. The number of fused-ring (bicyclic) bond motifs is 1. The van der Waals surface area contributed by atoms with Gasteiger partial charge in [0.25, 0.3) is 5.91 Å². The molecule has 1 atom stereocenters. The van der Waals surface area contributed by atoms with E-state index in [2.05, 4.69) is 9.08 Å². The van der Waals surface area contributed by atoms with Crippen LogP contribution in [0.4, 0.5) is 13.2 Å². The quantitative estimate of drug-likeness (QED) is 0.555. The van der Waals surface area contributed by atoms with Crippen LogP contribution in [-0.4, -0.2) is 61.4 Å². The molecular formula is C18H21F3N2O4S. The Hall–Kier alpha value is -1.81. The molecule has 0 unspecified atom stereocenters. The molecule has 4 rings (SSSR count). The second kappa shape index (κ2) is 6.91. The molecule has 3 aliphatic rings. The van der Waals surface area contributed by atoms with Crippen molar-refractivity contribution < 1.29 is 30.6 Å². The van der Waals surface area contributed by atoms with E-state index in [1.165, 1.54) is 31.4 Å². The molecule has 28 heavy (non-hydrogen) atoms. The summed E-state index contributed by atoms with van der Waals surface area (Å²) in [6.45, 7) is 2.30. The Morgan fingerprint density at radius 1 is 1.07 bits per heavy atom. The van der Waals surface area contributed by atoms with Crippen molar-refractivity contribution in [3.8, 4) is 5.75 Å². The first-order valence-electron chi connectivity index (χ1n) is 9.34. The van der Waals surface area contributed by atoms with Crippen molar-refractivity contribution in [2.24, 2.45) is 0 Å². The first-order valence-corrected chi connectivity index (χ1v) is 10.8. The van der Waals surface area contributed by atoms with Gasteiger partial charge in [-0.1, -0.05) is 6.42 Å². The van der Waals surface area contributed by atoms with Gasteiger partial charge in [0.2, 0.25) is 0 Å². The summed E-state index contributed by atoms with van der Waals surface area (Å²) < 4.78 is 64.0. The van der Waals surface area contributed by atoms with E-state index in [0.29, 0.717) is 30.1 Å². The van der Waals surface area contributed by atoms with Crippen LogP contribution in [0.3, 0.4) is 0 Å². The lowest BCUT2D eigenvalue weighted by molar-refractivity contribution is -0.0500. The van der Waals surface area contributed by atoms with E-state index in [1.807, 2.05) is 4.90 Å². The maximum Gasteiger partial charge on any atom is 0.534 e. The monoisotopic (exact) mass is 418 g/mol. The summed E-state index contributed by atoms with van der Waals surface area (Å²) in [6.07, 6.45) is 5.06. The number of alkyl halides is 3. The van der Waals surface area contributed by atoms with Crippen LogP contribution < -0.4 is 4.18 Å². The number of nitrogens with zero attached hydrogens (tertiary/aromatic N) is 2. The van der Waals surface area contributed by atoms with Crippen molar-refractivity contribution in [2.75, 3.05) is 19.6 Å². The number of amides is 1. The summed E-state index contributed by atoms with van der Waals surface area (Å²) in [6, 6.07) is 4.43. The van der Waals surface area contributed by atoms with Gasteiger partial charge in [-0.2, -0.15) is 21.6 Å². The van der Waals surface area contributed by atoms with Gasteiger partial charge in [0.05, 0.1) is 0 Å². The van der Waals surface area contributed by atoms with Crippen molar-refractivity contribution in [3.05, 3.63) is 29.3 Å². The molecule has 0 radical (unpaired) electrons. The molecule has 1 aliphatic carbocycles. The zero-order valence-electron chi connectivity index (χ0n) is 15.1. The van der Waals surface area contributed by atoms with Gasteiger partial charge in [0, 0.05) is 37.3 Å². The van der Waals surface area contributed by atoms with Crippen molar-refractivity contribution in [2.45, 2.75) is 49.7 Å². The summed E-state index contributed by atoms with van der Waals surface area (Å²) in [7, 11) is -5.73. The zero-order chi connectivity index (χ0) is 20.1. The number of likely N-dealkylation sites (tertiary alicyclic amines) is 1. The van der Waals surface area contributed by atoms with Crippen LogP contribution in [0.25, 0.3) is 0 Å². The molecule has 1 saturated carbocycles. The normalized spacial score (nSPS) is 24.2. The van der Waals surface area contributed by atoms with Crippen molar-refractivity contribution in [3.63, 3.8) is 0 Å². The van der Waals surface area contributed by atoms with Crippen LogP contribution in [0.5, 0.6) is 5.75 Å². The van der Waals surface area contributed by atoms with E-state index in [0.717, 1.165) is 25.6 Å². The second-order valence-corrected chi connectivity index (χ2v) is 9.11. The minimum atomic E-state index is -5.73. The van der Waals surface area contributed by atoms with Crippen LogP contribution >= 0.6 is 0 Å². The topological polar surface area (TPSA) is 66.9 Å². The predicted molar refractivity (Wildman–Crippen MR) is 94.4 cm³/mol. The molecule has 0 N–H and O–H groups in total. The lowest BCUT2D eigenvalue weighted by Crippen LogP contribution is -2.47. The average Bonchev–Trinajstić information content (AvgIpc) is 3.01. The Morgan fingerprint density at radius 3 is 2.46 bits per heavy atom. The molecule has 6 nitrogen and oxygen atoms in total. The third-order valence-corrected chi connectivity index (χ3v) is 6.88. The maximum absolute atomic E-state index is 12.9. The first kappa shape index (κ1) is 19.5. The number of benzene rings is 1. The van der Waals surface area contributed by atoms with Crippen molar-refractivity contribution in [1.29, 1.82) is 0 Å². The standard InChI is InChI=1S/C18H21F3N2O4S/c19-18(20,21)28(25,26)27-15-4-5-16-12(10-15)6-9-23(17(16)24)14-7-8-22(11-14)13-2-1-3-13/h4-5,10,13-14H,1-3,6-9,11H2/t14-/m0/s1. The number of rotatable bonds is 4. The first-order chi connectivity index (χ1) is 13.2. The Labute approximate surface area is 161 Å². The Kier molecular flexibility index (Phi) is 4.81. The lowest BCUT2D eigenvalue weighted by Gasteiger charge is -2.37. The molecular weight excluding hydrogens is 397 g/mol. The van der Waals surface area contributed by atoms with Gasteiger partial charge >= 0.3 is 15.6 Å². The predicted octanol–water partition coefficient (Wildman–Crippen LogP) is 2.54. The SMILES string of the molecule is O=C1c2ccc(OS(=O)(=O)C(F)(F)F)cc2CCN1[C@H]1CCN(C2CCC2)C1. The van der Waals surface area contributed by atoms with Gasteiger partial charge in [-0.25, -0.2) is 0 Å². The van der Waals surface area contributed by atoms with Gasteiger partial charge in [0.1, 0.15) is 5.75 Å². The van der Waals surface area contributed by atoms with Crippen LogP contribution in [0.2, 0.25) is 0 Å². The van der Waals surface area contributed by atoms with Gasteiger partial charge in [-0.15, -0.1) is 0 Å². The minimum absolute atomic E-state index is 0.141. The van der Waals surface area contributed by atoms with E-state index >= 15 is 0 Å². The van der Waals surface area contributed by atoms with E-state index < -0.39 is 21.4 Å². The Morgan fingerprint density at radius 2 is 1.82 bits per heavy atom. The van der Waals surface area contributed by atoms with Gasteiger partial charge in [0.15, 0.2) is 0 Å². The van der Waals surface area contributed by atoms with E-state index in [-0.39, 0.29) is 11.9 Å². The zero-order valence-corrected chi connectivity index (χ0v) is 15.9. The summed E-state index contributed by atoms with van der Waals surface area (Å²) in [5, 5.41) is 0. The van der Waals surface area contributed by atoms with Crippen molar-refractivity contribution in [1.82, 2.24) is 9.80 Å². The molecule has 2 heterocycles. The van der Waals surface area contributed by atoms with Gasteiger partial charge < -0.3 is 9.08 Å². The highest BCUT2D eigenvalue weighted by atomic mass is 32.2. The van der Waals surface area contributed by atoms with Gasteiger partial charge in [-0.3, -0.25) is 9.69 Å². The highest BCUT2D eigenvalue weighted by molar-refractivity contribution is 7.88. The Bertz CT molecular complexity index is 883. The number of halogens is 3. The van der Waals surface area contributed by atoms with Crippen LogP contribution in [0.1, 0.15) is 41.6 Å². The molecule has 0 bridgehead atoms. The Balaban J connectivity index is 1.47. The maximum atomic E-state index is 12.9. The number of carbonyl (C=O) groups is 1. The third kappa shape index (κ3) is 3.47. The van der Waals surface area contributed by atoms with E-state index in [4.69, 9.17) is 0 Å². The fourth-order valence-corrected chi connectivity index (χ4v) is 4.61. The van der Waals surface area contributed by atoms with E-state index in [9.17, 15) is 26.4 Å². The number of hydrogen-bond acceptors (Lipinski definition) is 5. The molecule has 2 fully saturated rings. The molecule has 154 valence electrons. The fraction of sp³-hybridized carbons (Fsp3) is 0.611. The molecule has 0 aromatic heterocycles.